The van der Waals surface area contributed by atoms with Crippen molar-refractivity contribution >= 4 is 34.5 Å². The van der Waals surface area contributed by atoms with Crippen molar-refractivity contribution in [3.05, 3.63) is 35.2 Å². The summed E-state index contributed by atoms with van der Waals surface area (Å²) in [5.74, 6) is -0.326. The lowest BCUT2D eigenvalue weighted by Gasteiger charge is -2.34. The maximum Gasteiger partial charge on any atom is 0.276 e. The normalized spacial score (nSPS) is 17.6. The smallest absolute Gasteiger partial charge is 0.276 e. The zero-order chi connectivity index (χ0) is 25.3. The van der Waals surface area contributed by atoms with Crippen LogP contribution in [0.15, 0.2) is 18.2 Å². The Morgan fingerprint density at radius 2 is 2.00 bits per heavy atom. The lowest BCUT2D eigenvalue weighted by Crippen LogP contribution is -2.37. The van der Waals surface area contributed by atoms with E-state index in [9.17, 15) is 9.59 Å². The molecule has 2 aromatic heterocycles. The Hall–Kier alpha value is -3.40. The fourth-order valence-electron chi connectivity index (χ4n) is 4.81. The number of anilines is 2. The van der Waals surface area contributed by atoms with Crippen molar-refractivity contribution in [1.82, 2.24) is 19.3 Å². The van der Waals surface area contributed by atoms with E-state index in [2.05, 4.69) is 33.7 Å². The molecule has 3 heterocycles. The Labute approximate surface area is 205 Å². The van der Waals surface area contributed by atoms with E-state index < -0.39 is 5.91 Å². The molecule has 0 aliphatic carbocycles. The van der Waals surface area contributed by atoms with Gasteiger partial charge in [0.15, 0.2) is 0 Å². The van der Waals surface area contributed by atoms with Crippen LogP contribution in [-0.4, -0.2) is 58.0 Å². The van der Waals surface area contributed by atoms with Gasteiger partial charge in [0.05, 0.1) is 22.4 Å². The van der Waals surface area contributed by atoms with Gasteiger partial charge in [0.2, 0.25) is 11.9 Å². The van der Waals surface area contributed by atoms with E-state index in [0.29, 0.717) is 42.4 Å². The number of imidazole rings is 1. The van der Waals surface area contributed by atoms with Gasteiger partial charge < -0.3 is 19.9 Å². The standard InChI is InChI=1S/C25H35N7O3/c1-6-25(4)14-30(9-8-10-35-5)19-13-17(22(26)33)12-18-21(19)31(15-25)24(27-18)28-23(34)20-11-16(3)29-32(20)7-2/h11-13H,6-10,14-15H2,1-5H3,(H2,26,33)(H,27,28,34)/t25-/m1/s1. The molecule has 0 fully saturated rings. The molecule has 4 rings (SSSR count). The highest BCUT2D eigenvalue weighted by Crippen LogP contribution is 2.40. The molecular weight excluding hydrogens is 446 g/mol. The molecule has 1 aliphatic heterocycles. The van der Waals surface area contributed by atoms with E-state index >= 15 is 0 Å². The number of primary amides is 1. The van der Waals surface area contributed by atoms with Crippen molar-refractivity contribution in [2.75, 3.05) is 37.0 Å². The zero-order valence-electron chi connectivity index (χ0n) is 21.2. The second-order valence-electron chi connectivity index (χ2n) is 9.62. The molecule has 0 radical (unpaired) electrons. The number of nitrogens with zero attached hydrogens (tertiary/aromatic N) is 5. The van der Waals surface area contributed by atoms with E-state index in [0.717, 1.165) is 42.8 Å². The molecule has 3 aromatic rings. The van der Waals surface area contributed by atoms with Crippen molar-refractivity contribution in [3.63, 3.8) is 0 Å². The fraction of sp³-hybridized carbons (Fsp3) is 0.520. The first kappa shape index (κ1) is 24.7. The first-order chi connectivity index (χ1) is 16.7. The molecule has 0 bridgehead atoms. The summed E-state index contributed by atoms with van der Waals surface area (Å²) >= 11 is 0. The van der Waals surface area contributed by atoms with Crippen molar-refractivity contribution in [1.29, 1.82) is 0 Å². The van der Waals surface area contributed by atoms with Crippen LogP contribution >= 0.6 is 0 Å². The summed E-state index contributed by atoms with van der Waals surface area (Å²) in [5.41, 5.74) is 9.66. The highest BCUT2D eigenvalue weighted by Gasteiger charge is 2.34. The van der Waals surface area contributed by atoms with Crippen molar-refractivity contribution in [2.45, 2.75) is 53.6 Å². The number of aryl methyl sites for hydroxylation is 2. The van der Waals surface area contributed by atoms with Crippen LogP contribution in [0.25, 0.3) is 11.0 Å². The van der Waals surface area contributed by atoms with Gasteiger partial charge in [-0.15, -0.1) is 0 Å². The molecule has 1 atom stereocenters. The first-order valence-electron chi connectivity index (χ1n) is 12.1. The van der Waals surface area contributed by atoms with Gasteiger partial charge in [-0.05, 0) is 44.9 Å². The van der Waals surface area contributed by atoms with Crippen LogP contribution in [0.3, 0.4) is 0 Å². The van der Waals surface area contributed by atoms with Gasteiger partial charge in [-0.1, -0.05) is 13.8 Å². The van der Waals surface area contributed by atoms with Gasteiger partial charge in [-0.3, -0.25) is 19.6 Å². The molecular formula is C25H35N7O3. The summed E-state index contributed by atoms with van der Waals surface area (Å²) in [4.78, 5) is 32.5. The molecule has 3 N–H and O–H groups in total. The van der Waals surface area contributed by atoms with Gasteiger partial charge in [-0.2, -0.15) is 5.10 Å². The predicted octanol–water partition coefficient (Wildman–Crippen LogP) is 3.19. The second kappa shape index (κ2) is 9.69. The Balaban J connectivity index is 1.85. The third-order valence-electron chi connectivity index (χ3n) is 6.85. The van der Waals surface area contributed by atoms with Gasteiger partial charge in [-0.25, -0.2) is 4.98 Å². The van der Waals surface area contributed by atoms with Crippen LogP contribution in [0, 0.1) is 12.3 Å². The highest BCUT2D eigenvalue weighted by molar-refractivity contribution is 6.05. The van der Waals surface area contributed by atoms with Gasteiger partial charge in [0.1, 0.15) is 5.69 Å². The van der Waals surface area contributed by atoms with E-state index in [1.165, 1.54) is 0 Å². The van der Waals surface area contributed by atoms with Crippen LogP contribution in [0.1, 0.15) is 60.2 Å². The zero-order valence-corrected chi connectivity index (χ0v) is 21.2. The number of amides is 2. The molecule has 0 spiro atoms. The van der Waals surface area contributed by atoms with Crippen LogP contribution in [-0.2, 0) is 17.8 Å². The third kappa shape index (κ3) is 4.75. The lowest BCUT2D eigenvalue weighted by atomic mass is 9.87. The van der Waals surface area contributed by atoms with Crippen LogP contribution in [0.4, 0.5) is 11.6 Å². The SMILES string of the molecule is CCn1nc(C)cc1C(=O)Nc1nc2cc(C(N)=O)cc3c2n1C[C@](C)(CC)CN3CCCOC. The fourth-order valence-corrected chi connectivity index (χ4v) is 4.81. The minimum Gasteiger partial charge on any atom is -0.385 e. The van der Waals surface area contributed by atoms with E-state index in [4.69, 9.17) is 15.5 Å². The van der Waals surface area contributed by atoms with Crippen molar-refractivity contribution in [2.24, 2.45) is 11.1 Å². The summed E-state index contributed by atoms with van der Waals surface area (Å²) in [6.45, 7) is 11.7. The molecule has 10 nitrogen and oxygen atoms in total. The second-order valence-corrected chi connectivity index (χ2v) is 9.62. The summed E-state index contributed by atoms with van der Waals surface area (Å²) in [6, 6.07) is 5.32. The van der Waals surface area contributed by atoms with Gasteiger partial charge in [0, 0.05) is 50.9 Å². The Morgan fingerprint density at radius 1 is 1.23 bits per heavy atom. The minimum absolute atomic E-state index is 0.0894. The van der Waals surface area contributed by atoms with Gasteiger partial charge >= 0.3 is 0 Å². The minimum atomic E-state index is -0.509. The first-order valence-corrected chi connectivity index (χ1v) is 12.1. The Morgan fingerprint density at radius 3 is 2.66 bits per heavy atom. The topological polar surface area (TPSA) is 120 Å². The van der Waals surface area contributed by atoms with E-state index in [1.807, 2.05) is 19.9 Å². The quantitative estimate of drug-likeness (QED) is 0.453. The van der Waals surface area contributed by atoms with Crippen LogP contribution < -0.4 is 16.0 Å². The Kier molecular flexibility index (Phi) is 6.84. The molecule has 0 saturated carbocycles. The van der Waals surface area contributed by atoms with Crippen LogP contribution in [0.5, 0.6) is 0 Å². The molecule has 2 amide bonds. The number of nitrogens with one attached hydrogen (secondary N) is 1. The monoisotopic (exact) mass is 481 g/mol. The molecule has 0 saturated heterocycles. The maximum atomic E-state index is 13.3. The number of hydrogen-bond acceptors (Lipinski definition) is 6. The molecule has 0 unspecified atom stereocenters. The van der Waals surface area contributed by atoms with E-state index in [1.54, 1.807) is 23.9 Å². The number of methoxy groups -OCH3 is 1. The molecule has 1 aromatic carbocycles. The molecule has 10 heteroatoms. The van der Waals surface area contributed by atoms with Crippen LogP contribution in [0.2, 0.25) is 0 Å². The van der Waals surface area contributed by atoms with Gasteiger partial charge in [0.25, 0.3) is 5.91 Å². The number of nitrogens with two attached hydrogens (primary N) is 1. The van der Waals surface area contributed by atoms with E-state index in [-0.39, 0.29) is 11.3 Å². The predicted molar refractivity (Wildman–Crippen MR) is 136 cm³/mol. The number of benzene rings is 1. The number of ether oxygens (including phenoxy) is 1. The highest BCUT2D eigenvalue weighted by atomic mass is 16.5. The number of carbonyl (C=O) groups excluding carboxylic acids is 2. The maximum absolute atomic E-state index is 13.3. The average molecular weight is 482 g/mol. The van der Waals surface area contributed by atoms with Crippen molar-refractivity contribution in [3.8, 4) is 0 Å². The summed E-state index contributed by atoms with van der Waals surface area (Å²) in [5, 5.41) is 7.41. The number of hydrogen-bond donors (Lipinski definition) is 2. The summed E-state index contributed by atoms with van der Waals surface area (Å²) < 4.78 is 9.04. The van der Waals surface area contributed by atoms with Crippen molar-refractivity contribution < 1.29 is 14.3 Å². The molecule has 1 aliphatic rings. The molecule has 35 heavy (non-hydrogen) atoms. The largest absolute Gasteiger partial charge is 0.385 e. The third-order valence-corrected chi connectivity index (χ3v) is 6.85. The Bertz CT molecular complexity index is 1260. The summed E-state index contributed by atoms with van der Waals surface area (Å²) in [7, 11) is 1.69. The number of aromatic nitrogens is 4. The number of carbonyl (C=O) groups is 2. The average Bonchev–Trinajstić information content (AvgIpc) is 3.33. The lowest BCUT2D eigenvalue weighted by molar-refractivity contribution is 0.0995. The molecule has 188 valence electrons. The number of rotatable bonds is 9. The summed E-state index contributed by atoms with van der Waals surface area (Å²) in [6.07, 6.45) is 1.77.